The van der Waals surface area contributed by atoms with Crippen LogP contribution in [0, 0.1) is 19.8 Å². The lowest BCUT2D eigenvalue weighted by atomic mass is 9.85. The summed E-state index contributed by atoms with van der Waals surface area (Å²) < 4.78 is 0. The predicted octanol–water partition coefficient (Wildman–Crippen LogP) is 3.29. The van der Waals surface area contributed by atoms with Crippen molar-refractivity contribution in [1.29, 1.82) is 0 Å². The van der Waals surface area contributed by atoms with E-state index in [0.29, 0.717) is 0 Å². The summed E-state index contributed by atoms with van der Waals surface area (Å²) in [5, 5.41) is 3.16. The first-order valence-electron chi connectivity index (χ1n) is 8.07. The molecule has 1 aliphatic rings. The molecule has 1 fully saturated rings. The van der Waals surface area contributed by atoms with Crippen molar-refractivity contribution < 1.29 is 4.79 Å². The number of hydrogen-bond acceptors (Lipinski definition) is 2. The topological polar surface area (TPSA) is 55.1 Å². The molecule has 1 aromatic carbocycles. The lowest BCUT2D eigenvalue weighted by Gasteiger charge is -2.27. The van der Waals surface area contributed by atoms with Crippen molar-refractivity contribution in [1.82, 2.24) is 5.32 Å². The highest BCUT2D eigenvalue weighted by atomic mass is 35.5. The smallest absolute Gasteiger partial charge is 0.223 e. The van der Waals surface area contributed by atoms with Gasteiger partial charge in [-0.1, -0.05) is 35.7 Å². The predicted molar refractivity (Wildman–Crippen MR) is 94.4 cm³/mol. The normalized spacial score (nSPS) is 22.5. The van der Waals surface area contributed by atoms with Crippen LogP contribution in [0.1, 0.15) is 49.3 Å². The van der Waals surface area contributed by atoms with Gasteiger partial charge in [0.25, 0.3) is 0 Å². The number of amides is 1. The third-order valence-electron chi connectivity index (χ3n) is 4.30. The van der Waals surface area contributed by atoms with E-state index < -0.39 is 0 Å². The van der Waals surface area contributed by atoms with Crippen molar-refractivity contribution in [2.75, 3.05) is 0 Å². The average molecular weight is 325 g/mol. The monoisotopic (exact) mass is 324 g/mol. The van der Waals surface area contributed by atoms with E-state index >= 15 is 0 Å². The van der Waals surface area contributed by atoms with Crippen LogP contribution in [0.4, 0.5) is 0 Å². The van der Waals surface area contributed by atoms with Gasteiger partial charge in [0.1, 0.15) is 0 Å². The lowest BCUT2D eigenvalue weighted by molar-refractivity contribution is -0.126. The van der Waals surface area contributed by atoms with Crippen LogP contribution in [0.2, 0.25) is 0 Å². The number of benzene rings is 1. The number of rotatable bonds is 4. The molecule has 1 amide bonds. The highest BCUT2D eigenvalue weighted by molar-refractivity contribution is 5.85. The Morgan fingerprint density at radius 2 is 1.91 bits per heavy atom. The number of nitrogens with one attached hydrogen (secondary N) is 1. The molecule has 1 aromatic rings. The van der Waals surface area contributed by atoms with E-state index in [1.54, 1.807) is 0 Å². The molecule has 3 unspecified atom stereocenters. The Hall–Kier alpha value is -1.06. The molecule has 2 rings (SSSR count). The van der Waals surface area contributed by atoms with Crippen LogP contribution >= 0.6 is 12.4 Å². The second-order valence-electron chi connectivity index (χ2n) is 6.73. The van der Waals surface area contributed by atoms with Gasteiger partial charge in [0.2, 0.25) is 5.91 Å². The fraction of sp³-hybridized carbons (Fsp3) is 0.611. The number of halogens is 1. The lowest BCUT2D eigenvalue weighted by Crippen LogP contribution is -2.42. The maximum absolute atomic E-state index is 12.3. The number of carbonyl (C=O) groups excluding carboxylic acids is 1. The van der Waals surface area contributed by atoms with Gasteiger partial charge < -0.3 is 11.1 Å². The summed E-state index contributed by atoms with van der Waals surface area (Å²) in [6, 6.07) is 6.94. The summed E-state index contributed by atoms with van der Waals surface area (Å²) >= 11 is 0. The molecule has 124 valence electrons. The SMILES string of the molecule is Cc1cc(C)cc(CC(C)NC(=O)C2CCCC(N)C2)c1.Cl. The fourth-order valence-corrected chi connectivity index (χ4v) is 3.42. The van der Waals surface area contributed by atoms with Gasteiger partial charge in [-0.25, -0.2) is 0 Å². The third kappa shape index (κ3) is 5.62. The molecule has 1 saturated carbocycles. The maximum atomic E-state index is 12.3. The van der Waals surface area contributed by atoms with Gasteiger partial charge in [0.15, 0.2) is 0 Å². The molecule has 0 saturated heterocycles. The van der Waals surface area contributed by atoms with Crippen molar-refractivity contribution in [3.63, 3.8) is 0 Å². The summed E-state index contributed by atoms with van der Waals surface area (Å²) in [5.41, 5.74) is 9.82. The fourth-order valence-electron chi connectivity index (χ4n) is 3.42. The minimum Gasteiger partial charge on any atom is -0.353 e. The Balaban J connectivity index is 0.00000242. The maximum Gasteiger partial charge on any atom is 0.223 e. The molecule has 3 nitrogen and oxygen atoms in total. The van der Waals surface area contributed by atoms with Crippen molar-refractivity contribution in [2.24, 2.45) is 11.7 Å². The second-order valence-corrected chi connectivity index (χ2v) is 6.73. The van der Waals surface area contributed by atoms with Crippen LogP contribution in [-0.4, -0.2) is 18.0 Å². The van der Waals surface area contributed by atoms with Gasteiger partial charge in [-0.05, 0) is 52.0 Å². The molecule has 0 spiro atoms. The van der Waals surface area contributed by atoms with Crippen molar-refractivity contribution >= 4 is 18.3 Å². The largest absolute Gasteiger partial charge is 0.353 e. The molecule has 0 aromatic heterocycles. The second kappa shape index (κ2) is 8.54. The van der Waals surface area contributed by atoms with Gasteiger partial charge in [-0.3, -0.25) is 4.79 Å². The van der Waals surface area contributed by atoms with E-state index in [-0.39, 0.29) is 36.3 Å². The van der Waals surface area contributed by atoms with Crippen molar-refractivity contribution in [3.8, 4) is 0 Å². The molecule has 4 heteroatoms. The number of nitrogens with two attached hydrogens (primary N) is 1. The summed E-state index contributed by atoms with van der Waals surface area (Å²) in [5.74, 6) is 0.289. The van der Waals surface area contributed by atoms with E-state index in [4.69, 9.17) is 5.73 Å². The zero-order valence-corrected chi connectivity index (χ0v) is 14.7. The quantitative estimate of drug-likeness (QED) is 0.893. The number of carbonyl (C=O) groups is 1. The highest BCUT2D eigenvalue weighted by Gasteiger charge is 2.25. The standard InChI is InChI=1S/C18H28N2O.ClH/c1-12-7-13(2)9-15(8-12)10-14(3)20-18(21)16-5-4-6-17(19)11-16;/h7-9,14,16-17H,4-6,10-11,19H2,1-3H3,(H,20,21);1H. The zero-order valence-electron chi connectivity index (χ0n) is 13.9. The molecule has 0 aliphatic heterocycles. The van der Waals surface area contributed by atoms with Crippen LogP contribution in [0.25, 0.3) is 0 Å². The van der Waals surface area contributed by atoms with Crippen molar-refractivity contribution in [3.05, 3.63) is 34.9 Å². The van der Waals surface area contributed by atoms with E-state index in [2.05, 4.69) is 44.3 Å². The molecule has 0 bridgehead atoms. The number of aryl methyl sites for hydroxylation is 2. The minimum absolute atomic E-state index is 0. The van der Waals surface area contributed by atoms with Crippen LogP contribution in [0.5, 0.6) is 0 Å². The van der Waals surface area contributed by atoms with Gasteiger partial charge in [0.05, 0.1) is 0 Å². The summed E-state index contributed by atoms with van der Waals surface area (Å²) in [4.78, 5) is 12.3. The molecule has 0 radical (unpaired) electrons. The first-order chi connectivity index (χ1) is 9.94. The summed E-state index contributed by atoms with van der Waals surface area (Å²) in [6.07, 6.45) is 4.83. The van der Waals surface area contributed by atoms with Crippen LogP contribution in [0.15, 0.2) is 18.2 Å². The molecular weight excluding hydrogens is 296 g/mol. The summed E-state index contributed by atoms with van der Waals surface area (Å²) in [7, 11) is 0. The minimum atomic E-state index is 0. The van der Waals surface area contributed by atoms with E-state index in [1.165, 1.54) is 16.7 Å². The van der Waals surface area contributed by atoms with Crippen LogP contribution in [-0.2, 0) is 11.2 Å². The first-order valence-corrected chi connectivity index (χ1v) is 8.07. The average Bonchev–Trinajstić information content (AvgIpc) is 2.37. The van der Waals surface area contributed by atoms with Gasteiger partial charge in [-0.15, -0.1) is 12.4 Å². The Morgan fingerprint density at radius 3 is 2.50 bits per heavy atom. The highest BCUT2D eigenvalue weighted by Crippen LogP contribution is 2.23. The molecule has 22 heavy (non-hydrogen) atoms. The molecule has 1 aliphatic carbocycles. The Bertz CT molecular complexity index is 484. The van der Waals surface area contributed by atoms with Crippen molar-refractivity contribution in [2.45, 2.75) is 65.0 Å². The van der Waals surface area contributed by atoms with E-state index in [0.717, 1.165) is 32.1 Å². The van der Waals surface area contributed by atoms with Gasteiger partial charge in [-0.2, -0.15) is 0 Å². The molecule has 3 atom stereocenters. The third-order valence-corrected chi connectivity index (χ3v) is 4.30. The van der Waals surface area contributed by atoms with Crippen LogP contribution in [0.3, 0.4) is 0 Å². The zero-order chi connectivity index (χ0) is 15.4. The Labute approximate surface area is 140 Å². The van der Waals surface area contributed by atoms with Gasteiger partial charge >= 0.3 is 0 Å². The Kier molecular flexibility index (Phi) is 7.37. The number of hydrogen-bond donors (Lipinski definition) is 2. The van der Waals surface area contributed by atoms with E-state index in [9.17, 15) is 4.79 Å². The summed E-state index contributed by atoms with van der Waals surface area (Å²) in [6.45, 7) is 6.31. The van der Waals surface area contributed by atoms with Crippen LogP contribution < -0.4 is 11.1 Å². The van der Waals surface area contributed by atoms with E-state index in [1.807, 2.05) is 0 Å². The molecular formula is C18H29ClN2O. The van der Waals surface area contributed by atoms with Gasteiger partial charge in [0, 0.05) is 18.0 Å². The molecule has 0 heterocycles. The first kappa shape index (κ1) is 19.0. The molecule has 3 N–H and O–H groups in total. The Morgan fingerprint density at radius 1 is 1.27 bits per heavy atom.